The van der Waals surface area contributed by atoms with Crippen LogP contribution in [0.3, 0.4) is 0 Å². The number of carboxylic acid groups (broad SMARTS) is 1. The number of aliphatic hydroxyl groups excluding tert-OH is 1. The molecule has 0 saturated carbocycles. The summed E-state index contributed by atoms with van der Waals surface area (Å²) in [5.74, 6) is -1.56. The van der Waals surface area contributed by atoms with Crippen molar-refractivity contribution in [2.45, 2.75) is 19.4 Å². The van der Waals surface area contributed by atoms with Gasteiger partial charge in [0.25, 0.3) is 11.4 Å². The second-order valence-corrected chi connectivity index (χ2v) is 4.87. The lowest BCUT2D eigenvalue weighted by atomic mass is 10.0. The van der Waals surface area contributed by atoms with Gasteiger partial charge in [0.15, 0.2) is 0 Å². The van der Waals surface area contributed by atoms with Gasteiger partial charge in [-0.05, 0) is 13.8 Å². The number of hydrogen-bond donors (Lipinski definition) is 3. The number of rotatable bonds is 6. The van der Waals surface area contributed by atoms with Crippen molar-refractivity contribution in [2.24, 2.45) is 0 Å². The van der Waals surface area contributed by atoms with Crippen molar-refractivity contribution < 1.29 is 24.9 Å². The van der Waals surface area contributed by atoms with Crippen molar-refractivity contribution in [2.75, 3.05) is 11.9 Å². The molecule has 0 heterocycles. The molecule has 0 aliphatic carbocycles. The monoisotopic (exact) mass is 299 g/mol. The summed E-state index contributed by atoms with van der Waals surface area (Å²) in [4.78, 5) is 31.1. The van der Waals surface area contributed by atoms with E-state index in [0.717, 1.165) is 6.07 Å². The molecule has 0 aromatic heterocycles. The van der Waals surface area contributed by atoms with Gasteiger partial charge in [-0.1, -0.05) is 0 Å². The third-order valence-electron chi connectivity index (χ3n) is 2.60. The summed E-state index contributed by atoms with van der Waals surface area (Å²) in [6.07, 6.45) is 0. The Labute approximate surface area is 118 Å². The van der Waals surface area contributed by atoms with Crippen LogP contribution in [0.5, 0.6) is 0 Å². The van der Waals surface area contributed by atoms with E-state index < -0.39 is 50.6 Å². The molecule has 0 spiro atoms. The summed E-state index contributed by atoms with van der Waals surface area (Å²) in [6, 6.07) is 1.40. The van der Waals surface area contributed by atoms with E-state index in [0.29, 0.717) is 6.07 Å². The highest BCUT2D eigenvalue weighted by molar-refractivity contribution is 5.98. The van der Waals surface area contributed by atoms with E-state index in [9.17, 15) is 25.0 Å². The summed E-state index contributed by atoms with van der Waals surface area (Å²) >= 11 is 0. The number of nitro groups is 2. The van der Waals surface area contributed by atoms with E-state index in [1.54, 1.807) is 0 Å². The molecule has 0 saturated heterocycles. The van der Waals surface area contributed by atoms with Crippen LogP contribution in [0.15, 0.2) is 12.1 Å². The van der Waals surface area contributed by atoms with Gasteiger partial charge in [0.05, 0.1) is 33.6 Å². The number of aliphatic hydroxyl groups is 1. The van der Waals surface area contributed by atoms with E-state index in [4.69, 9.17) is 10.2 Å². The highest BCUT2D eigenvalue weighted by atomic mass is 16.6. The molecular weight excluding hydrogens is 286 g/mol. The molecule has 0 aliphatic heterocycles. The number of nitrogens with one attached hydrogen (secondary N) is 1. The molecule has 21 heavy (non-hydrogen) atoms. The Hall–Kier alpha value is -2.75. The number of anilines is 1. The van der Waals surface area contributed by atoms with Crippen molar-refractivity contribution >= 4 is 23.0 Å². The minimum absolute atomic E-state index is 0.392. The van der Waals surface area contributed by atoms with E-state index in [2.05, 4.69) is 5.32 Å². The average Bonchev–Trinajstić information content (AvgIpc) is 2.37. The van der Waals surface area contributed by atoms with Gasteiger partial charge in [0.1, 0.15) is 5.69 Å². The fourth-order valence-corrected chi connectivity index (χ4v) is 1.54. The Morgan fingerprint density at radius 2 is 1.86 bits per heavy atom. The van der Waals surface area contributed by atoms with Crippen LogP contribution in [0.25, 0.3) is 0 Å². The first kappa shape index (κ1) is 16.3. The van der Waals surface area contributed by atoms with Crippen LogP contribution in [0.4, 0.5) is 17.1 Å². The third-order valence-corrected chi connectivity index (χ3v) is 2.60. The van der Waals surface area contributed by atoms with Gasteiger partial charge < -0.3 is 15.5 Å². The first-order valence-corrected chi connectivity index (χ1v) is 5.68. The summed E-state index contributed by atoms with van der Waals surface area (Å²) < 4.78 is 0. The van der Waals surface area contributed by atoms with Crippen molar-refractivity contribution in [1.29, 1.82) is 0 Å². The Morgan fingerprint density at radius 1 is 1.29 bits per heavy atom. The van der Waals surface area contributed by atoms with Crippen molar-refractivity contribution in [3.8, 4) is 0 Å². The molecule has 10 nitrogen and oxygen atoms in total. The van der Waals surface area contributed by atoms with Crippen molar-refractivity contribution in [3.63, 3.8) is 0 Å². The van der Waals surface area contributed by atoms with Crippen molar-refractivity contribution in [1.82, 2.24) is 0 Å². The molecule has 114 valence electrons. The maximum absolute atomic E-state index is 11.2. The summed E-state index contributed by atoms with van der Waals surface area (Å²) in [5.41, 5.74) is -3.50. The minimum Gasteiger partial charge on any atom is -0.478 e. The quantitative estimate of drug-likeness (QED) is 0.525. The number of non-ortho nitro benzene ring substituents is 1. The van der Waals surface area contributed by atoms with Crippen LogP contribution in [-0.2, 0) is 0 Å². The highest BCUT2D eigenvalue weighted by Gasteiger charge is 2.30. The molecule has 0 bridgehead atoms. The summed E-state index contributed by atoms with van der Waals surface area (Å²) in [7, 11) is 0. The van der Waals surface area contributed by atoms with Crippen LogP contribution in [0.1, 0.15) is 24.2 Å². The van der Waals surface area contributed by atoms with E-state index in [-0.39, 0.29) is 0 Å². The fourth-order valence-electron chi connectivity index (χ4n) is 1.54. The van der Waals surface area contributed by atoms with Crippen LogP contribution in [0, 0.1) is 20.2 Å². The van der Waals surface area contributed by atoms with Crippen molar-refractivity contribution in [3.05, 3.63) is 37.9 Å². The topological polar surface area (TPSA) is 156 Å². The first-order valence-electron chi connectivity index (χ1n) is 5.68. The average molecular weight is 299 g/mol. The lowest BCUT2D eigenvalue weighted by molar-refractivity contribution is -0.393. The highest BCUT2D eigenvalue weighted by Crippen LogP contribution is 2.35. The molecule has 0 atom stereocenters. The van der Waals surface area contributed by atoms with Gasteiger partial charge in [-0.3, -0.25) is 20.2 Å². The number of hydrogen-bond acceptors (Lipinski definition) is 7. The number of benzene rings is 1. The Bertz CT molecular complexity index is 577. The van der Waals surface area contributed by atoms with Gasteiger partial charge in [-0.25, -0.2) is 4.79 Å². The SMILES string of the molecule is CC(C)(CO)Nc1c(C(=O)O)cc([N+](=O)[O-])cc1[N+](=O)[O-]. The van der Waals surface area contributed by atoms with E-state index in [1.165, 1.54) is 13.8 Å². The predicted molar refractivity (Wildman–Crippen MR) is 71.5 cm³/mol. The summed E-state index contributed by atoms with van der Waals surface area (Å²) in [6.45, 7) is 2.55. The number of nitrogens with zero attached hydrogens (tertiary/aromatic N) is 2. The lowest BCUT2D eigenvalue weighted by Gasteiger charge is -2.25. The number of carbonyl (C=O) groups is 1. The van der Waals surface area contributed by atoms with E-state index >= 15 is 0 Å². The fraction of sp³-hybridized carbons (Fsp3) is 0.364. The van der Waals surface area contributed by atoms with Gasteiger partial charge in [-0.15, -0.1) is 0 Å². The molecule has 0 amide bonds. The standard InChI is InChI=1S/C11H13N3O7/c1-11(2,5-15)12-9-7(10(16)17)3-6(13(18)19)4-8(9)14(20)21/h3-4,12,15H,5H2,1-2H3,(H,16,17). The molecule has 1 aromatic rings. The zero-order valence-electron chi connectivity index (χ0n) is 11.2. The Morgan fingerprint density at radius 3 is 2.24 bits per heavy atom. The van der Waals surface area contributed by atoms with Gasteiger partial charge in [0.2, 0.25) is 0 Å². The van der Waals surface area contributed by atoms with Crippen LogP contribution < -0.4 is 5.32 Å². The molecule has 1 rings (SSSR count). The summed E-state index contributed by atoms with van der Waals surface area (Å²) in [5, 5.41) is 42.6. The van der Waals surface area contributed by atoms with E-state index in [1.807, 2.05) is 0 Å². The largest absolute Gasteiger partial charge is 0.478 e. The molecule has 0 radical (unpaired) electrons. The Balaban J connectivity index is 3.61. The molecule has 10 heteroatoms. The second kappa shape index (κ2) is 5.71. The molecule has 0 fully saturated rings. The molecule has 3 N–H and O–H groups in total. The third kappa shape index (κ3) is 3.63. The maximum atomic E-state index is 11.2. The molecule has 1 aromatic carbocycles. The van der Waals surface area contributed by atoms with Crippen LogP contribution >= 0.6 is 0 Å². The zero-order chi connectivity index (χ0) is 16.4. The maximum Gasteiger partial charge on any atom is 0.338 e. The van der Waals surface area contributed by atoms with Crippen LogP contribution in [-0.4, -0.2) is 38.2 Å². The lowest BCUT2D eigenvalue weighted by Crippen LogP contribution is -2.36. The van der Waals surface area contributed by atoms with Gasteiger partial charge >= 0.3 is 5.97 Å². The van der Waals surface area contributed by atoms with Crippen LogP contribution in [0.2, 0.25) is 0 Å². The zero-order valence-corrected chi connectivity index (χ0v) is 11.2. The number of carboxylic acids is 1. The van der Waals surface area contributed by atoms with Gasteiger partial charge in [-0.2, -0.15) is 0 Å². The minimum atomic E-state index is -1.56. The normalized spacial score (nSPS) is 11.0. The predicted octanol–water partition coefficient (Wildman–Crippen LogP) is 1.38. The Kier molecular flexibility index (Phi) is 4.43. The number of nitro benzene ring substituents is 2. The molecular formula is C11H13N3O7. The second-order valence-electron chi connectivity index (χ2n) is 4.87. The molecule has 0 unspecified atom stereocenters. The number of aromatic carboxylic acids is 1. The smallest absolute Gasteiger partial charge is 0.338 e. The first-order chi connectivity index (χ1) is 9.59. The molecule has 0 aliphatic rings. The van der Waals surface area contributed by atoms with Gasteiger partial charge in [0, 0.05) is 6.07 Å².